The largest absolute Gasteiger partial charge is 0.423 e. The first-order valence-corrected chi connectivity index (χ1v) is 6.19. The van der Waals surface area contributed by atoms with Crippen LogP contribution in [-0.2, 0) is 6.42 Å². The molecule has 0 aliphatic carbocycles. The van der Waals surface area contributed by atoms with Crippen LogP contribution in [0.4, 0.5) is 0 Å². The minimum absolute atomic E-state index is 0.336. The molecule has 2 aromatic rings. The second-order valence-corrected chi connectivity index (χ2v) is 4.33. The van der Waals surface area contributed by atoms with Crippen molar-refractivity contribution in [3.05, 3.63) is 58.9 Å². The molecule has 0 radical (unpaired) electrons. The lowest BCUT2D eigenvalue weighted by Gasteiger charge is -2.05. The number of benzene rings is 1. The van der Waals surface area contributed by atoms with Gasteiger partial charge in [-0.2, -0.15) is 0 Å². The van der Waals surface area contributed by atoms with Crippen molar-refractivity contribution < 1.29 is 9.53 Å². The maximum atomic E-state index is 11.8. The van der Waals surface area contributed by atoms with Crippen LogP contribution in [0.15, 0.2) is 42.6 Å². The third-order valence-electron chi connectivity index (χ3n) is 2.53. The number of hydrogen-bond acceptors (Lipinski definition) is 4. The lowest BCUT2D eigenvalue weighted by atomic mass is 10.1. The van der Waals surface area contributed by atoms with Crippen LogP contribution in [0.3, 0.4) is 0 Å². The highest BCUT2D eigenvalue weighted by Gasteiger charge is 2.08. The lowest BCUT2D eigenvalue weighted by Crippen LogP contribution is -2.09. The Kier molecular flexibility index (Phi) is 4.49. The van der Waals surface area contributed by atoms with Crippen molar-refractivity contribution in [1.29, 1.82) is 0 Å². The first-order chi connectivity index (χ1) is 9.19. The fraction of sp³-hybridized carbons (Fsp3) is 0.143. The van der Waals surface area contributed by atoms with Gasteiger partial charge in [-0.15, -0.1) is 0 Å². The Hall–Kier alpha value is -1.91. The van der Waals surface area contributed by atoms with Crippen LogP contribution >= 0.6 is 11.6 Å². The zero-order chi connectivity index (χ0) is 13.7. The number of pyridine rings is 1. The Balaban J connectivity index is 2.04. The molecule has 0 aliphatic heterocycles. The summed E-state index contributed by atoms with van der Waals surface area (Å²) in [6.45, 7) is 0.593. The first-order valence-electron chi connectivity index (χ1n) is 5.82. The van der Waals surface area contributed by atoms with E-state index in [0.29, 0.717) is 23.0 Å². The number of hydrogen-bond donors (Lipinski definition) is 1. The van der Waals surface area contributed by atoms with Gasteiger partial charge in [0.2, 0.25) is 0 Å². The van der Waals surface area contributed by atoms with Crippen molar-refractivity contribution in [3.8, 4) is 5.75 Å². The molecule has 5 heteroatoms. The summed E-state index contributed by atoms with van der Waals surface area (Å²) in [7, 11) is 0. The zero-order valence-corrected chi connectivity index (χ0v) is 10.9. The topological polar surface area (TPSA) is 65.2 Å². The normalized spacial score (nSPS) is 10.2. The van der Waals surface area contributed by atoms with E-state index in [1.54, 1.807) is 24.3 Å². The van der Waals surface area contributed by atoms with Crippen molar-refractivity contribution >= 4 is 17.6 Å². The minimum Gasteiger partial charge on any atom is -0.423 e. The summed E-state index contributed by atoms with van der Waals surface area (Å²) in [6.07, 6.45) is 2.18. The molecule has 0 bridgehead atoms. The summed E-state index contributed by atoms with van der Waals surface area (Å²) in [5, 5.41) is 0.336. The van der Waals surface area contributed by atoms with Gasteiger partial charge in [0.25, 0.3) is 0 Å². The first kappa shape index (κ1) is 13.5. The maximum absolute atomic E-state index is 11.8. The molecule has 0 fully saturated rings. The molecule has 0 saturated heterocycles. The van der Waals surface area contributed by atoms with Crippen LogP contribution in [0, 0.1) is 0 Å². The van der Waals surface area contributed by atoms with E-state index >= 15 is 0 Å². The summed E-state index contributed by atoms with van der Waals surface area (Å²) in [5.74, 6) is 0.0245. The quantitative estimate of drug-likeness (QED) is 0.529. The predicted octanol–water partition coefficient (Wildman–Crippen LogP) is 2.46. The number of carbonyl (C=O) groups excluding carboxylic acids is 1. The van der Waals surface area contributed by atoms with Crippen LogP contribution in [0.2, 0.25) is 5.15 Å². The molecule has 0 aliphatic rings. The molecule has 1 heterocycles. The van der Waals surface area contributed by atoms with Crippen LogP contribution in [0.1, 0.15) is 15.9 Å². The Morgan fingerprint density at radius 2 is 1.95 bits per heavy atom. The third-order valence-corrected chi connectivity index (χ3v) is 2.75. The SMILES string of the molecule is NCCc1ccc(OC(=O)c2ccc(Cl)nc2)cc1. The van der Waals surface area contributed by atoms with Crippen molar-refractivity contribution in [1.82, 2.24) is 4.98 Å². The Morgan fingerprint density at radius 3 is 2.53 bits per heavy atom. The average molecular weight is 277 g/mol. The number of nitrogens with zero attached hydrogens (tertiary/aromatic N) is 1. The fourth-order valence-electron chi connectivity index (χ4n) is 1.55. The van der Waals surface area contributed by atoms with Gasteiger partial charge in [0.15, 0.2) is 0 Å². The number of rotatable bonds is 4. The molecule has 0 amide bonds. The number of halogens is 1. The van der Waals surface area contributed by atoms with Gasteiger partial charge in [-0.1, -0.05) is 23.7 Å². The summed E-state index contributed by atoms with van der Waals surface area (Å²) in [5.41, 5.74) is 6.93. The minimum atomic E-state index is -0.462. The van der Waals surface area contributed by atoms with E-state index in [1.165, 1.54) is 6.20 Å². The van der Waals surface area contributed by atoms with Crippen molar-refractivity contribution in [2.45, 2.75) is 6.42 Å². The number of esters is 1. The standard InChI is InChI=1S/C14H13ClN2O2/c15-13-6-3-11(9-17-13)14(18)19-12-4-1-10(2-5-12)7-8-16/h1-6,9H,7-8,16H2. The van der Waals surface area contributed by atoms with Crippen molar-refractivity contribution in [2.24, 2.45) is 5.73 Å². The monoisotopic (exact) mass is 276 g/mol. The molecule has 19 heavy (non-hydrogen) atoms. The van der Waals surface area contributed by atoms with Crippen molar-refractivity contribution in [3.63, 3.8) is 0 Å². The van der Waals surface area contributed by atoms with Crippen LogP contribution in [-0.4, -0.2) is 17.5 Å². The van der Waals surface area contributed by atoms with Gasteiger partial charge in [0, 0.05) is 6.20 Å². The van der Waals surface area contributed by atoms with E-state index < -0.39 is 5.97 Å². The molecule has 98 valence electrons. The molecular formula is C14H13ClN2O2. The summed E-state index contributed by atoms with van der Waals surface area (Å²) < 4.78 is 5.22. The molecule has 4 nitrogen and oxygen atoms in total. The molecule has 0 spiro atoms. The molecule has 2 N–H and O–H groups in total. The van der Waals surface area contributed by atoms with E-state index in [4.69, 9.17) is 22.1 Å². The summed E-state index contributed by atoms with van der Waals surface area (Å²) >= 11 is 5.65. The van der Waals surface area contributed by atoms with Gasteiger partial charge < -0.3 is 10.5 Å². The lowest BCUT2D eigenvalue weighted by molar-refractivity contribution is 0.0734. The van der Waals surface area contributed by atoms with Gasteiger partial charge in [-0.05, 0) is 42.8 Å². The molecule has 0 atom stereocenters. The molecule has 1 aromatic carbocycles. The summed E-state index contributed by atoms with van der Waals surface area (Å²) in [4.78, 5) is 15.6. The highest BCUT2D eigenvalue weighted by atomic mass is 35.5. The third kappa shape index (κ3) is 3.77. The van der Waals surface area contributed by atoms with Gasteiger partial charge in [0.05, 0.1) is 5.56 Å². The Bertz CT molecular complexity index is 553. The molecule has 0 saturated carbocycles. The zero-order valence-electron chi connectivity index (χ0n) is 10.2. The van der Waals surface area contributed by atoms with Crippen LogP contribution in [0.5, 0.6) is 5.75 Å². The molecule has 2 rings (SSSR count). The molecule has 1 aromatic heterocycles. The number of nitrogens with two attached hydrogens (primary N) is 1. The van der Waals surface area contributed by atoms with E-state index in [1.807, 2.05) is 12.1 Å². The molecule has 0 unspecified atom stereocenters. The van der Waals surface area contributed by atoms with E-state index in [0.717, 1.165) is 12.0 Å². The second-order valence-electron chi connectivity index (χ2n) is 3.94. The van der Waals surface area contributed by atoms with E-state index in [-0.39, 0.29) is 0 Å². The van der Waals surface area contributed by atoms with Crippen LogP contribution < -0.4 is 10.5 Å². The van der Waals surface area contributed by atoms with E-state index in [2.05, 4.69) is 4.98 Å². The predicted molar refractivity (Wildman–Crippen MR) is 73.4 cm³/mol. The van der Waals surface area contributed by atoms with Gasteiger partial charge >= 0.3 is 5.97 Å². The Morgan fingerprint density at radius 1 is 1.21 bits per heavy atom. The summed E-state index contributed by atoms with van der Waals surface area (Å²) in [6, 6.07) is 10.4. The van der Waals surface area contributed by atoms with Gasteiger partial charge in [0.1, 0.15) is 10.9 Å². The Labute approximate surface area is 116 Å². The fourth-order valence-corrected chi connectivity index (χ4v) is 1.67. The average Bonchev–Trinajstić information content (AvgIpc) is 2.42. The highest BCUT2D eigenvalue weighted by Crippen LogP contribution is 2.15. The second kappa shape index (κ2) is 6.31. The highest BCUT2D eigenvalue weighted by molar-refractivity contribution is 6.29. The maximum Gasteiger partial charge on any atom is 0.345 e. The van der Waals surface area contributed by atoms with Crippen molar-refractivity contribution in [2.75, 3.05) is 6.54 Å². The molecular weight excluding hydrogens is 264 g/mol. The smallest absolute Gasteiger partial charge is 0.345 e. The number of ether oxygens (including phenoxy) is 1. The van der Waals surface area contributed by atoms with E-state index in [9.17, 15) is 4.79 Å². The number of aromatic nitrogens is 1. The van der Waals surface area contributed by atoms with Gasteiger partial charge in [-0.3, -0.25) is 0 Å². The van der Waals surface area contributed by atoms with Crippen LogP contribution in [0.25, 0.3) is 0 Å². The number of carbonyl (C=O) groups is 1. The van der Waals surface area contributed by atoms with Gasteiger partial charge in [-0.25, -0.2) is 9.78 Å².